The van der Waals surface area contributed by atoms with Crippen LogP contribution in [0.4, 0.5) is 5.69 Å². The maximum atomic E-state index is 12.4. The van der Waals surface area contributed by atoms with E-state index in [1.165, 1.54) is 0 Å². The quantitative estimate of drug-likeness (QED) is 0.860. The molecule has 1 aromatic rings. The predicted molar refractivity (Wildman–Crippen MR) is 80.6 cm³/mol. The Kier molecular flexibility index (Phi) is 5.01. The van der Waals surface area contributed by atoms with Crippen molar-refractivity contribution in [2.45, 2.75) is 32.8 Å². The summed E-state index contributed by atoms with van der Waals surface area (Å²) in [5.41, 5.74) is 7.02. The highest BCUT2D eigenvalue weighted by atomic mass is 16.5. The van der Waals surface area contributed by atoms with Crippen LogP contribution in [0, 0.1) is 5.92 Å². The van der Waals surface area contributed by atoms with Crippen LogP contribution in [0.1, 0.15) is 37.0 Å². The van der Waals surface area contributed by atoms with E-state index in [1.54, 1.807) is 12.1 Å². The van der Waals surface area contributed by atoms with Gasteiger partial charge in [-0.05, 0) is 30.9 Å². The fourth-order valence-electron chi connectivity index (χ4n) is 2.42. The number of amides is 1. The fourth-order valence-corrected chi connectivity index (χ4v) is 2.42. The van der Waals surface area contributed by atoms with Crippen molar-refractivity contribution in [2.75, 3.05) is 25.4 Å². The first-order valence-corrected chi connectivity index (χ1v) is 7.33. The normalized spacial score (nSPS) is 16.6. The summed E-state index contributed by atoms with van der Waals surface area (Å²) in [7, 11) is 0. The van der Waals surface area contributed by atoms with E-state index in [-0.39, 0.29) is 12.0 Å². The summed E-state index contributed by atoms with van der Waals surface area (Å²) >= 11 is 0. The number of nitrogens with two attached hydrogens (primary N) is 1. The van der Waals surface area contributed by atoms with Crippen molar-refractivity contribution in [1.82, 2.24) is 4.90 Å². The number of rotatable bonds is 4. The summed E-state index contributed by atoms with van der Waals surface area (Å²) in [4.78, 5) is 14.3. The van der Waals surface area contributed by atoms with Crippen molar-refractivity contribution < 1.29 is 9.53 Å². The van der Waals surface area contributed by atoms with Crippen LogP contribution in [0.3, 0.4) is 0 Å². The lowest BCUT2D eigenvalue weighted by Crippen LogP contribution is -2.41. The molecule has 4 nitrogen and oxygen atoms in total. The molecule has 0 saturated carbocycles. The molecule has 0 atom stereocenters. The first-order valence-electron chi connectivity index (χ1n) is 7.33. The van der Waals surface area contributed by atoms with Crippen molar-refractivity contribution >= 4 is 11.6 Å². The molecule has 0 radical (unpaired) electrons. The molecule has 1 aliphatic rings. The van der Waals surface area contributed by atoms with E-state index in [1.807, 2.05) is 17.0 Å². The summed E-state index contributed by atoms with van der Waals surface area (Å²) in [6.45, 7) is 6.59. The highest BCUT2D eigenvalue weighted by Gasteiger charge is 2.24. The summed E-state index contributed by atoms with van der Waals surface area (Å²) < 4.78 is 5.84. The number of benzene rings is 1. The van der Waals surface area contributed by atoms with E-state index in [0.717, 1.165) is 32.5 Å². The maximum absolute atomic E-state index is 12.4. The van der Waals surface area contributed by atoms with Crippen molar-refractivity contribution in [3.05, 3.63) is 29.8 Å². The molecule has 20 heavy (non-hydrogen) atoms. The van der Waals surface area contributed by atoms with Gasteiger partial charge in [-0.25, -0.2) is 0 Å². The molecule has 1 amide bonds. The summed E-state index contributed by atoms with van der Waals surface area (Å²) in [6.07, 6.45) is 2.10. The molecule has 1 aromatic carbocycles. The van der Waals surface area contributed by atoms with Gasteiger partial charge in [-0.3, -0.25) is 4.79 Å². The minimum atomic E-state index is 0.0328. The fraction of sp³-hybridized carbons (Fsp3) is 0.562. The maximum Gasteiger partial charge on any atom is 0.255 e. The van der Waals surface area contributed by atoms with Gasteiger partial charge < -0.3 is 15.4 Å². The van der Waals surface area contributed by atoms with E-state index in [9.17, 15) is 4.79 Å². The average Bonchev–Trinajstić information content (AvgIpc) is 2.45. The second kappa shape index (κ2) is 6.75. The number of ether oxygens (including phenoxy) is 1. The largest absolute Gasteiger partial charge is 0.398 e. The highest BCUT2D eigenvalue weighted by Crippen LogP contribution is 2.19. The molecule has 110 valence electrons. The molecule has 0 aromatic heterocycles. The Morgan fingerprint density at radius 3 is 2.60 bits per heavy atom. The molecule has 0 unspecified atom stereocenters. The number of anilines is 1. The van der Waals surface area contributed by atoms with Crippen LogP contribution in [0.5, 0.6) is 0 Å². The van der Waals surface area contributed by atoms with Crippen LogP contribution < -0.4 is 5.73 Å². The zero-order valence-corrected chi connectivity index (χ0v) is 12.3. The first kappa shape index (κ1) is 14.9. The van der Waals surface area contributed by atoms with Gasteiger partial charge in [0.2, 0.25) is 0 Å². The van der Waals surface area contributed by atoms with Gasteiger partial charge in [-0.2, -0.15) is 0 Å². The summed E-state index contributed by atoms with van der Waals surface area (Å²) in [5, 5.41) is 0. The van der Waals surface area contributed by atoms with E-state index in [4.69, 9.17) is 10.5 Å². The first-order chi connectivity index (χ1) is 9.58. The van der Waals surface area contributed by atoms with Gasteiger partial charge in [0.1, 0.15) is 0 Å². The molecular weight excluding hydrogens is 252 g/mol. The molecule has 1 fully saturated rings. The molecule has 1 saturated heterocycles. The number of hydrogen-bond donors (Lipinski definition) is 1. The SMILES string of the molecule is CC(C)COC1CCN(C(=O)c2ccccc2N)CC1. The molecule has 0 aliphatic carbocycles. The second-order valence-electron chi connectivity index (χ2n) is 5.81. The van der Waals surface area contributed by atoms with Gasteiger partial charge in [-0.15, -0.1) is 0 Å². The molecule has 4 heteroatoms. The molecular formula is C16H24N2O2. The Bertz CT molecular complexity index is 452. The number of nitrogens with zero attached hydrogens (tertiary/aromatic N) is 1. The van der Waals surface area contributed by atoms with Crippen LogP contribution in [0.15, 0.2) is 24.3 Å². The summed E-state index contributed by atoms with van der Waals surface area (Å²) in [5.74, 6) is 0.587. The number of nitrogen functional groups attached to an aromatic ring is 1. The van der Waals surface area contributed by atoms with Crippen LogP contribution in [-0.2, 0) is 4.74 Å². The minimum absolute atomic E-state index is 0.0328. The summed E-state index contributed by atoms with van der Waals surface area (Å²) in [6, 6.07) is 7.25. The van der Waals surface area contributed by atoms with Gasteiger partial charge in [0, 0.05) is 25.4 Å². The number of carbonyl (C=O) groups excluding carboxylic acids is 1. The van der Waals surface area contributed by atoms with Gasteiger partial charge in [-0.1, -0.05) is 26.0 Å². The third kappa shape index (κ3) is 3.73. The molecule has 0 bridgehead atoms. The number of hydrogen-bond acceptors (Lipinski definition) is 3. The Morgan fingerprint density at radius 1 is 1.35 bits per heavy atom. The second-order valence-corrected chi connectivity index (χ2v) is 5.81. The van der Waals surface area contributed by atoms with Crippen molar-refractivity contribution in [1.29, 1.82) is 0 Å². The van der Waals surface area contributed by atoms with Crippen LogP contribution in [0.25, 0.3) is 0 Å². The van der Waals surface area contributed by atoms with Crippen LogP contribution in [0.2, 0.25) is 0 Å². The zero-order chi connectivity index (χ0) is 14.5. The van der Waals surface area contributed by atoms with E-state index >= 15 is 0 Å². The third-order valence-electron chi connectivity index (χ3n) is 3.59. The lowest BCUT2D eigenvalue weighted by Gasteiger charge is -2.32. The Hall–Kier alpha value is -1.55. The lowest BCUT2D eigenvalue weighted by molar-refractivity contribution is -0.00228. The predicted octanol–water partition coefficient (Wildman–Crippen LogP) is 2.55. The lowest BCUT2D eigenvalue weighted by atomic mass is 10.1. The Labute approximate surface area is 120 Å². The van der Waals surface area contributed by atoms with E-state index in [0.29, 0.717) is 17.2 Å². The highest BCUT2D eigenvalue weighted by molar-refractivity contribution is 5.99. The van der Waals surface area contributed by atoms with Gasteiger partial charge in [0.25, 0.3) is 5.91 Å². The molecule has 0 spiro atoms. The third-order valence-corrected chi connectivity index (χ3v) is 3.59. The number of para-hydroxylation sites is 1. The van der Waals surface area contributed by atoms with Gasteiger partial charge in [0.05, 0.1) is 11.7 Å². The Balaban J connectivity index is 1.88. The molecule has 2 rings (SSSR count). The smallest absolute Gasteiger partial charge is 0.255 e. The monoisotopic (exact) mass is 276 g/mol. The minimum Gasteiger partial charge on any atom is -0.398 e. The number of piperidine rings is 1. The van der Waals surface area contributed by atoms with Crippen molar-refractivity contribution in [3.63, 3.8) is 0 Å². The molecule has 1 aliphatic heterocycles. The van der Waals surface area contributed by atoms with Crippen LogP contribution >= 0.6 is 0 Å². The number of likely N-dealkylation sites (tertiary alicyclic amines) is 1. The van der Waals surface area contributed by atoms with Crippen molar-refractivity contribution in [2.24, 2.45) is 5.92 Å². The average molecular weight is 276 g/mol. The van der Waals surface area contributed by atoms with Crippen molar-refractivity contribution in [3.8, 4) is 0 Å². The molecule has 2 N–H and O–H groups in total. The Morgan fingerprint density at radius 2 is 2.00 bits per heavy atom. The van der Waals surface area contributed by atoms with Crippen LogP contribution in [-0.4, -0.2) is 36.6 Å². The van der Waals surface area contributed by atoms with Gasteiger partial charge >= 0.3 is 0 Å². The standard InChI is InChI=1S/C16H24N2O2/c1-12(2)11-20-13-7-9-18(10-8-13)16(19)14-5-3-4-6-15(14)17/h3-6,12-13H,7-11,17H2,1-2H3. The molecule has 1 heterocycles. The van der Waals surface area contributed by atoms with Gasteiger partial charge in [0.15, 0.2) is 0 Å². The zero-order valence-electron chi connectivity index (χ0n) is 12.3. The van der Waals surface area contributed by atoms with E-state index in [2.05, 4.69) is 13.8 Å². The van der Waals surface area contributed by atoms with E-state index < -0.39 is 0 Å². The topological polar surface area (TPSA) is 55.6 Å². The number of carbonyl (C=O) groups is 1.